The number of rotatable bonds is 4. The van der Waals surface area contributed by atoms with Gasteiger partial charge in [-0.3, -0.25) is 0 Å². The van der Waals surface area contributed by atoms with Gasteiger partial charge in [0.25, 0.3) is 0 Å². The molecule has 2 rings (SSSR count). The zero-order chi connectivity index (χ0) is 12.4. The van der Waals surface area contributed by atoms with Gasteiger partial charge in [0.15, 0.2) is 10.5 Å². The van der Waals surface area contributed by atoms with Crippen LogP contribution in [0.5, 0.6) is 5.88 Å². The van der Waals surface area contributed by atoms with Crippen molar-refractivity contribution in [2.24, 2.45) is 7.05 Å². The topological polar surface area (TPSA) is 52.2 Å². The molecule has 0 spiro atoms. The monoisotopic (exact) mass is 299 g/mol. The van der Waals surface area contributed by atoms with E-state index in [0.717, 1.165) is 16.2 Å². The molecule has 0 aliphatic rings. The minimum absolute atomic E-state index is 0.0425. The van der Waals surface area contributed by atoms with Gasteiger partial charge in [-0.2, -0.15) is 5.10 Å². The number of ether oxygens (including phenoxy) is 1. The summed E-state index contributed by atoms with van der Waals surface area (Å²) >= 11 is 3.28. The molecule has 0 saturated heterocycles. The minimum Gasteiger partial charge on any atom is -0.481 e. The number of furan rings is 1. The van der Waals surface area contributed by atoms with Crippen LogP contribution in [0.1, 0.15) is 18.7 Å². The highest BCUT2D eigenvalue weighted by atomic mass is 79.9. The first kappa shape index (κ1) is 12.0. The van der Waals surface area contributed by atoms with Crippen molar-refractivity contribution in [3.8, 4) is 5.88 Å². The van der Waals surface area contributed by atoms with Crippen molar-refractivity contribution in [3.63, 3.8) is 0 Å². The summed E-state index contributed by atoms with van der Waals surface area (Å²) in [6, 6.07) is 5.67. The van der Waals surface area contributed by atoms with E-state index in [0.29, 0.717) is 5.88 Å². The molecule has 6 heteroatoms. The van der Waals surface area contributed by atoms with Crippen molar-refractivity contribution in [3.05, 3.63) is 28.6 Å². The van der Waals surface area contributed by atoms with Gasteiger partial charge < -0.3 is 14.5 Å². The molecule has 0 aliphatic heterocycles. The summed E-state index contributed by atoms with van der Waals surface area (Å²) in [6.07, 6.45) is 0. The summed E-state index contributed by atoms with van der Waals surface area (Å²) in [4.78, 5) is 0. The lowest BCUT2D eigenvalue weighted by Gasteiger charge is -2.09. The highest BCUT2D eigenvalue weighted by Gasteiger charge is 2.12. The van der Waals surface area contributed by atoms with Crippen LogP contribution in [0.25, 0.3) is 0 Å². The van der Waals surface area contributed by atoms with Gasteiger partial charge in [0.2, 0.25) is 5.88 Å². The molecule has 0 radical (unpaired) electrons. The number of aromatic nitrogens is 2. The summed E-state index contributed by atoms with van der Waals surface area (Å²) in [5.74, 6) is 2.31. The van der Waals surface area contributed by atoms with Crippen LogP contribution in [0.15, 0.2) is 27.3 Å². The lowest BCUT2D eigenvalue weighted by molar-refractivity contribution is 0.373. The summed E-state index contributed by atoms with van der Waals surface area (Å²) in [5, 5.41) is 7.52. The average molecular weight is 300 g/mol. The maximum absolute atomic E-state index is 5.47. The summed E-state index contributed by atoms with van der Waals surface area (Å²) < 4.78 is 13.0. The standard InChI is InChI=1S/C11H14BrN3O2/c1-7(8-4-5-9(12)17-8)13-10-6-11(16-3)15(2)14-10/h4-7H,1-3H3,(H,13,14). The number of halogens is 1. The summed E-state index contributed by atoms with van der Waals surface area (Å²) in [7, 11) is 3.45. The highest BCUT2D eigenvalue weighted by Crippen LogP contribution is 2.24. The Kier molecular flexibility index (Phi) is 3.42. The van der Waals surface area contributed by atoms with Crippen LogP contribution >= 0.6 is 15.9 Å². The molecule has 0 aliphatic carbocycles. The molecule has 1 N–H and O–H groups in total. The third-order valence-corrected chi connectivity index (χ3v) is 2.86. The number of anilines is 1. The molecule has 17 heavy (non-hydrogen) atoms. The van der Waals surface area contributed by atoms with Crippen molar-refractivity contribution in [2.45, 2.75) is 13.0 Å². The average Bonchev–Trinajstić information content (AvgIpc) is 2.85. The first-order chi connectivity index (χ1) is 8.10. The van der Waals surface area contributed by atoms with Crippen molar-refractivity contribution in [1.82, 2.24) is 9.78 Å². The Labute approximate surface area is 108 Å². The molecular formula is C11H14BrN3O2. The normalized spacial score (nSPS) is 12.5. The van der Waals surface area contributed by atoms with Crippen molar-refractivity contribution >= 4 is 21.7 Å². The molecule has 2 aromatic heterocycles. The fourth-order valence-corrected chi connectivity index (χ4v) is 1.88. The number of aryl methyl sites for hydroxylation is 1. The molecule has 0 bridgehead atoms. The van der Waals surface area contributed by atoms with Crippen LogP contribution in [-0.2, 0) is 7.05 Å². The van der Waals surface area contributed by atoms with Crippen LogP contribution in [-0.4, -0.2) is 16.9 Å². The Balaban J connectivity index is 2.09. The van der Waals surface area contributed by atoms with E-state index in [1.54, 1.807) is 11.8 Å². The van der Waals surface area contributed by atoms with Crippen LogP contribution in [0.4, 0.5) is 5.82 Å². The van der Waals surface area contributed by atoms with Crippen LogP contribution < -0.4 is 10.1 Å². The van der Waals surface area contributed by atoms with Crippen molar-refractivity contribution in [1.29, 1.82) is 0 Å². The van der Waals surface area contributed by atoms with E-state index >= 15 is 0 Å². The molecule has 92 valence electrons. The second-order valence-electron chi connectivity index (χ2n) is 3.70. The van der Waals surface area contributed by atoms with Gasteiger partial charge in [0.05, 0.1) is 13.2 Å². The third-order valence-electron chi connectivity index (χ3n) is 2.43. The van der Waals surface area contributed by atoms with Gasteiger partial charge in [-0.25, -0.2) is 4.68 Å². The molecule has 0 aromatic carbocycles. The molecule has 0 fully saturated rings. The molecule has 5 nitrogen and oxygen atoms in total. The fraction of sp³-hybridized carbons (Fsp3) is 0.364. The van der Waals surface area contributed by atoms with Gasteiger partial charge in [0, 0.05) is 13.1 Å². The number of hydrogen-bond acceptors (Lipinski definition) is 4. The fourth-order valence-electron chi connectivity index (χ4n) is 1.57. The molecule has 1 unspecified atom stereocenters. The zero-order valence-corrected chi connectivity index (χ0v) is 11.5. The Morgan fingerprint density at radius 3 is 2.82 bits per heavy atom. The Bertz CT molecular complexity index is 507. The smallest absolute Gasteiger partial charge is 0.213 e. The quantitative estimate of drug-likeness (QED) is 0.943. The minimum atomic E-state index is 0.0425. The first-order valence-electron chi connectivity index (χ1n) is 5.20. The van der Waals surface area contributed by atoms with E-state index in [-0.39, 0.29) is 6.04 Å². The number of nitrogens with one attached hydrogen (secondary N) is 1. The van der Waals surface area contributed by atoms with Gasteiger partial charge in [-0.15, -0.1) is 0 Å². The van der Waals surface area contributed by atoms with E-state index in [1.807, 2.05) is 32.2 Å². The van der Waals surface area contributed by atoms with Gasteiger partial charge in [0.1, 0.15) is 5.76 Å². The van der Waals surface area contributed by atoms with E-state index in [1.165, 1.54) is 0 Å². The van der Waals surface area contributed by atoms with Crippen LogP contribution in [0.3, 0.4) is 0 Å². The predicted molar refractivity (Wildman–Crippen MR) is 68.2 cm³/mol. The second-order valence-corrected chi connectivity index (χ2v) is 4.49. The molecule has 0 amide bonds. The van der Waals surface area contributed by atoms with E-state index in [2.05, 4.69) is 26.3 Å². The van der Waals surface area contributed by atoms with Gasteiger partial charge in [-0.1, -0.05) is 0 Å². The van der Waals surface area contributed by atoms with E-state index in [9.17, 15) is 0 Å². The Hall–Kier alpha value is -1.43. The number of nitrogens with zero attached hydrogens (tertiary/aromatic N) is 2. The lowest BCUT2D eigenvalue weighted by Crippen LogP contribution is -2.06. The Morgan fingerprint density at radius 1 is 1.53 bits per heavy atom. The summed E-state index contributed by atoms with van der Waals surface area (Å²) in [6.45, 7) is 2.01. The molecular weight excluding hydrogens is 286 g/mol. The molecule has 1 atom stereocenters. The summed E-state index contributed by atoms with van der Waals surface area (Å²) in [5.41, 5.74) is 0. The van der Waals surface area contributed by atoms with Crippen LogP contribution in [0.2, 0.25) is 0 Å². The van der Waals surface area contributed by atoms with Gasteiger partial charge in [-0.05, 0) is 35.0 Å². The first-order valence-corrected chi connectivity index (χ1v) is 5.99. The van der Waals surface area contributed by atoms with Gasteiger partial charge >= 0.3 is 0 Å². The number of hydrogen-bond donors (Lipinski definition) is 1. The SMILES string of the molecule is COc1cc(NC(C)c2ccc(Br)o2)nn1C. The molecule has 2 aromatic rings. The molecule has 0 saturated carbocycles. The third kappa shape index (κ3) is 2.63. The highest BCUT2D eigenvalue weighted by molar-refractivity contribution is 9.10. The Morgan fingerprint density at radius 2 is 2.29 bits per heavy atom. The zero-order valence-electron chi connectivity index (χ0n) is 9.90. The lowest BCUT2D eigenvalue weighted by atomic mass is 10.2. The van der Waals surface area contributed by atoms with Crippen molar-refractivity contribution < 1.29 is 9.15 Å². The van der Waals surface area contributed by atoms with Crippen LogP contribution in [0, 0.1) is 0 Å². The second kappa shape index (κ2) is 4.83. The molecule has 2 heterocycles. The van der Waals surface area contributed by atoms with E-state index < -0.39 is 0 Å². The largest absolute Gasteiger partial charge is 0.481 e. The maximum atomic E-state index is 5.47. The number of methoxy groups -OCH3 is 1. The predicted octanol–water partition coefficient (Wildman–Crippen LogP) is 2.96. The van der Waals surface area contributed by atoms with Crippen molar-refractivity contribution in [2.75, 3.05) is 12.4 Å². The van der Waals surface area contributed by atoms with E-state index in [4.69, 9.17) is 9.15 Å². The maximum Gasteiger partial charge on any atom is 0.213 e.